The van der Waals surface area contributed by atoms with Gasteiger partial charge in [-0.25, -0.2) is 13.1 Å². The molecule has 0 aromatic rings. The number of guanidine groups is 1. The molecule has 6 nitrogen and oxygen atoms in total. The van der Waals surface area contributed by atoms with E-state index in [0.717, 1.165) is 12.8 Å². The molecule has 0 saturated carbocycles. The van der Waals surface area contributed by atoms with Gasteiger partial charge in [0.15, 0.2) is 5.96 Å². The molecule has 0 aliphatic rings. The summed E-state index contributed by atoms with van der Waals surface area (Å²) in [5, 5.41) is 6.40. The normalized spacial score (nSPS) is 13.9. The molecule has 0 spiro atoms. The van der Waals surface area contributed by atoms with Crippen molar-refractivity contribution < 1.29 is 8.42 Å². The van der Waals surface area contributed by atoms with Crippen LogP contribution in [0.1, 0.15) is 27.7 Å². The average Bonchev–Trinajstić information content (AvgIpc) is 2.22. The van der Waals surface area contributed by atoms with Crippen LogP contribution in [0.4, 0.5) is 0 Å². The highest BCUT2D eigenvalue weighted by Crippen LogP contribution is 1.98. The summed E-state index contributed by atoms with van der Waals surface area (Å²) < 4.78 is 24.2. The second kappa shape index (κ2) is 10.7. The van der Waals surface area contributed by atoms with Crippen LogP contribution < -0.4 is 15.4 Å². The Morgan fingerprint density at radius 3 is 2.26 bits per heavy atom. The molecule has 0 aliphatic heterocycles. The fraction of sp³-hybridized carbons (Fsp3) is 0.909. The molecule has 0 aromatic carbocycles. The highest BCUT2D eigenvalue weighted by atomic mass is 127. The summed E-state index contributed by atoms with van der Waals surface area (Å²) in [6, 6.07) is 0.311. The van der Waals surface area contributed by atoms with Crippen LogP contribution in [0.2, 0.25) is 0 Å². The summed E-state index contributed by atoms with van der Waals surface area (Å²) in [5.41, 5.74) is 0. The Hall–Kier alpha value is -0.0900. The standard InChI is InChI=1S/C11H26N4O2S.HI/c1-6-12-11(15-10(4)9(2)3)13-7-8-14-18(5,16)17;/h9-10,14H,6-8H2,1-5H3,(H2,12,13,15);1H. The Morgan fingerprint density at radius 2 is 1.84 bits per heavy atom. The minimum Gasteiger partial charge on any atom is -0.357 e. The number of halogens is 1. The van der Waals surface area contributed by atoms with Gasteiger partial charge in [0.05, 0.1) is 12.8 Å². The molecule has 1 unspecified atom stereocenters. The SMILES string of the molecule is CCNC(=NCCNS(C)(=O)=O)NC(C)C(C)C.I. The van der Waals surface area contributed by atoms with Crippen molar-refractivity contribution in [1.29, 1.82) is 0 Å². The molecule has 0 heterocycles. The summed E-state index contributed by atoms with van der Waals surface area (Å²) in [7, 11) is -3.13. The van der Waals surface area contributed by atoms with Crippen molar-refractivity contribution >= 4 is 40.0 Å². The van der Waals surface area contributed by atoms with Crippen LogP contribution >= 0.6 is 24.0 Å². The van der Waals surface area contributed by atoms with E-state index in [4.69, 9.17) is 0 Å². The molecular formula is C11H27IN4O2S. The molecule has 0 amide bonds. The van der Waals surface area contributed by atoms with Gasteiger partial charge in [-0.2, -0.15) is 0 Å². The third-order valence-electron chi connectivity index (χ3n) is 2.45. The first-order valence-corrected chi connectivity index (χ1v) is 8.15. The average molecular weight is 406 g/mol. The molecule has 0 radical (unpaired) electrons. The molecular weight excluding hydrogens is 379 g/mol. The third kappa shape index (κ3) is 12.7. The number of sulfonamides is 1. The molecule has 0 aliphatic carbocycles. The lowest BCUT2D eigenvalue weighted by atomic mass is 10.1. The van der Waals surface area contributed by atoms with Gasteiger partial charge >= 0.3 is 0 Å². The van der Waals surface area contributed by atoms with Gasteiger partial charge in [-0.05, 0) is 19.8 Å². The predicted octanol–water partition coefficient (Wildman–Crippen LogP) is 0.753. The quantitative estimate of drug-likeness (QED) is 0.252. The molecule has 0 saturated heterocycles. The van der Waals surface area contributed by atoms with Crippen molar-refractivity contribution in [3.05, 3.63) is 0 Å². The molecule has 3 N–H and O–H groups in total. The van der Waals surface area contributed by atoms with Crippen LogP contribution in [-0.2, 0) is 10.0 Å². The fourth-order valence-corrected chi connectivity index (χ4v) is 1.56. The molecule has 0 rings (SSSR count). The topological polar surface area (TPSA) is 82.6 Å². The molecule has 0 aromatic heterocycles. The second-order valence-electron chi connectivity index (χ2n) is 4.60. The maximum Gasteiger partial charge on any atom is 0.208 e. The molecule has 116 valence electrons. The van der Waals surface area contributed by atoms with Crippen LogP contribution in [0.15, 0.2) is 4.99 Å². The van der Waals surface area contributed by atoms with Gasteiger partial charge in [-0.15, -0.1) is 24.0 Å². The minimum atomic E-state index is -3.13. The smallest absolute Gasteiger partial charge is 0.208 e. The van der Waals surface area contributed by atoms with Gasteiger partial charge in [0.25, 0.3) is 0 Å². The Balaban J connectivity index is 0. The van der Waals surface area contributed by atoms with E-state index in [-0.39, 0.29) is 24.0 Å². The summed E-state index contributed by atoms with van der Waals surface area (Å²) in [6.45, 7) is 9.84. The van der Waals surface area contributed by atoms with E-state index in [0.29, 0.717) is 31.0 Å². The van der Waals surface area contributed by atoms with Crippen LogP contribution in [0.25, 0.3) is 0 Å². The van der Waals surface area contributed by atoms with Crippen molar-refractivity contribution in [3.8, 4) is 0 Å². The van der Waals surface area contributed by atoms with E-state index in [2.05, 4.69) is 41.1 Å². The largest absolute Gasteiger partial charge is 0.357 e. The maximum atomic E-state index is 10.9. The minimum absolute atomic E-state index is 0. The van der Waals surface area contributed by atoms with Gasteiger partial charge in [0.2, 0.25) is 10.0 Å². The number of nitrogens with zero attached hydrogens (tertiary/aromatic N) is 1. The number of nitrogens with one attached hydrogen (secondary N) is 3. The highest BCUT2D eigenvalue weighted by Gasteiger charge is 2.08. The monoisotopic (exact) mass is 406 g/mol. The van der Waals surface area contributed by atoms with E-state index in [9.17, 15) is 8.42 Å². The van der Waals surface area contributed by atoms with Crippen molar-refractivity contribution in [2.24, 2.45) is 10.9 Å². The zero-order valence-electron chi connectivity index (χ0n) is 12.4. The zero-order valence-corrected chi connectivity index (χ0v) is 15.5. The molecule has 0 fully saturated rings. The second-order valence-corrected chi connectivity index (χ2v) is 6.44. The summed E-state index contributed by atoms with van der Waals surface area (Å²) in [5.74, 6) is 1.22. The highest BCUT2D eigenvalue weighted by molar-refractivity contribution is 14.0. The molecule has 0 bridgehead atoms. The lowest BCUT2D eigenvalue weighted by molar-refractivity contribution is 0.481. The Kier molecular flexibility index (Phi) is 11.9. The first-order valence-electron chi connectivity index (χ1n) is 6.25. The summed E-state index contributed by atoms with van der Waals surface area (Å²) in [4.78, 5) is 4.31. The van der Waals surface area contributed by atoms with Crippen molar-refractivity contribution in [2.75, 3.05) is 25.9 Å². The van der Waals surface area contributed by atoms with Gasteiger partial charge < -0.3 is 10.6 Å². The Bertz CT molecular complexity index is 358. The Morgan fingerprint density at radius 1 is 1.26 bits per heavy atom. The lowest BCUT2D eigenvalue weighted by Crippen LogP contribution is -2.44. The molecule has 8 heteroatoms. The predicted molar refractivity (Wildman–Crippen MR) is 91.7 cm³/mol. The van der Waals surface area contributed by atoms with Crippen molar-refractivity contribution in [1.82, 2.24) is 15.4 Å². The zero-order chi connectivity index (χ0) is 14.2. The van der Waals surface area contributed by atoms with Crippen LogP contribution in [0, 0.1) is 5.92 Å². The van der Waals surface area contributed by atoms with Crippen LogP contribution in [0.3, 0.4) is 0 Å². The van der Waals surface area contributed by atoms with E-state index in [1.165, 1.54) is 0 Å². The van der Waals surface area contributed by atoms with Crippen molar-refractivity contribution in [2.45, 2.75) is 33.7 Å². The first-order chi connectivity index (χ1) is 8.26. The number of rotatable bonds is 7. The molecule has 19 heavy (non-hydrogen) atoms. The van der Waals surface area contributed by atoms with E-state index in [1.54, 1.807) is 0 Å². The number of aliphatic imine (C=N–C) groups is 1. The lowest BCUT2D eigenvalue weighted by Gasteiger charge is -2.20. The van der Waals surface area contributed by atoms with Crippen LogP contribution in [0.5, 0.6) is 0 Å². The summed E-state index contributed by atoms with van der Waals surface area (Å²) >= 11 is 0. The number of hydrogen-bond donors (Lipinski definition) is 3. The van der Waals surface area contributed by atoms with Gasteiger partial charge in [-0.1, -0.05) is 13.8 Å². The van der Waals surface area contributed by atoms with Gasteiger partial charge in [-0.3, -0.25) is 4.99 Å². The van der Waals surface area contributed by atoms with Gasteiger partial charge in [0, 0.05) is 19.1 Å². The fourth-order valence-electron chi connectivity index (χ4n) is 1.10. The molecule has 1 atom stereocenters. The van der Waals surface area contributed by atoms with E-state index in [1.807, 2.05) is 6.92 Å². The first kappa shape index (κ1) is 21.2. The summed E-state index contributed by atoms with van der Waals surface area (Å²) in [6.07, 6.45) is 1.14. The van der Waals surface area contributed by atoms with Crippen molar-refractivity contribution in [3.63, 3.8) is 0 Å². The van der Waals surface area contributed by atoms with E-state index >= 15 is 0 Å². The van der Waals surface area contributed by atoms with E-state index < -0.39 is 10.0 Å². The van der Waals surface area contributed by atoms with Gasteiger partial charge in [0.1, 0.15) is 0 Å². The number of hydrogen-bond acceptors (Lipinski definition) is 3. The third-order valence-corrected chi connectivity index (χ3v) is 3.18. The Labute approximate surface area is 134 Å². The van der Waals surface area contributed by atoms with Crippen LogP contribution in [-0.4, -0.2) is 46.3 Å². The maximum absolute atomic E-state index is 10.9.